The average molecular weight is 383 g/mol. The maximum atomic E-state index is 12.6. The van der Waals surface area contributed by atoms with Gasteiger partial charge in [0.15, 0.2) is 11.5 Å². The molecule has 0 aliphatic carbocycles. The standard InChI is InChI=1S/C21H15ClO5/c22-17-10-14(11-19-20(17)26-13-25-19)12-24-21(23)16-8-4-5-9-18(16)27-15-6-2-1-3-7-15/h1-11H,12-13H2. The van der Waals surface area contributed by atoms with E-state index in [2.05, 4.69) is 0 Å². The van der Waals surface area contributed by atoms with E-state index in [0.717, 1.165) is 0 Å². The number of esters is 1. The van der Waals surface area contributed by atoms with Gasteiger partial charge in [-0.15, -0.1) is 0 Å². The molecular formula is C21H15ClO5. The molecule has 1 heterocycles. The third-order valence-electron chi connectivity index (χ3n) is 3.93. The SMILES string of the molecule is O=C(OCc1cc(Cl)c2c(c1)OCO2)c1ccccc1Oc1ccccc1. The van der Waals surface area contributed by atoms with E-state index in [1.54, 1.807) is 36.4 Å². The second-order valence-electron chi connectivity index (χ2n) is 5.80. The number of ether oxygens (including phenoxy) is 4. The lowest BCUT2D eigenvalue weighted by atomic mass is 10.2. The summed E-state index contributed by atoms with van der Waals surface area (Å²) in [7, 11) is 0. The maximum absolute atomic E-state index is 12.6. The van der Waals surface area contributed by atoms with Crippen molar-refractivity contribution in [2.75, 3.05) is 6.79 Å². The van der Waals surface area contributed by atoms with Gasteiger partial charge in [0.2, 0.25) is 6.79 Å². The van der Waals surface area contributed by atoms with Crippen LogP contribution in [0.4, 0.5) is 0 Å². The summed E-state index contributed by atoms with van der Waals surface area (Å²) in [6, 6.07) is 19.6. The highest BCUT2D eigenvalue weighted by Crippen LogP contribution is 2.40. The Kier molecular flexibility index (Phi) is 4.85. The number of carbonyl (C=O) groups is 1. The van der Waals surface area contributed by atoms with Crippen LogP contribution in [0.1, 0.15) is 15.9 Å². The smallest absolute Gasteiger partial charge is 0.342 e. The summed E-state index contributed by atoms with van der Waals surface area (Å²) >= 11 is 6.16. The third-order valence-corrected chi connectivity index (χ3v) is 4.22. The Bertz CT molecular complexity index is 972. The Morgan fingerprint density at radius 3 is 2.63 bits per heavy atom. The van der Waals surface area contributed by atoms with Gasteiger partial charge in [0, 0.05) is 0 Å². The minimum Gasteiger partial charge on any atom is -0.457 e. The van der Waals surface area contributed by atoms with E-state index in [0.29, 0.717) is 39.1 Å². The van der Waals surface area contributed by atoms with Crippen LogP contribution < -0.4 is 14.2 Å². The average Bonchev–Trinajstić information content (AvgIpc) is 3.17. The second kappa shape index (κ2) is 7.60. The molecule has 1 aliphatic heterocycles. The van der Waals surface area contributed by atoms with Crippen molar-refractivity contribution in [2.45, 2.75) is 6.61 Å². The normalized spacial score (nSPS) is 11.9. The molecule has 3 aromatic carbocycles. The summed E-state index contributed by atoms with van der Waals surface area (Å²) in [5, 5.41) is 0.420. The Labute approximate surface area is 161 Å². The van der Waals surface area contributed by atoms with Crippen LogP contribution in [-0.2, 0) is 11.3 Å². The van der Waals surface area contributed by atoms with E-state index in [1.807, 2.05) is 30.3 Å². The van der Waals surface area contributed by atoms with Crippen LogP contribution in [0.25, 0.3) is 0 Å². The lowest BCUT2D eigenvalue weighted by Crippen LogP contribution is -2.07. The predicted octanol–water partition coefficient (Wildman–Crippen LogP) is 5.22. The van der Waals surface area contributed by atoms with Crippen LogP contribution >= 0.6 is 11.6 Å². The van der Waals surface area contributed by atoms with Gasteiger partial charge in [0.05, 0.1) is 5.02 Å². The van der Waals surface area contributed by atoms with Gasteiger partial charge < -0.3 is 18.9 Å². The molecule has 1 aliphatic rings. The van der Waals surface area contributed by atoms with E-state index >= 15 is 0 Å². The van der Waals surface area contributed by atoms with Gasteiger partial charge in [-0.3, -0.25) is 0 Å². The Hall–Kier alpha value is -3.18. The van der Waals surface area contributed by atoms with Gasteiger partial charge in [-0.05, 0) is 42.0 Å². The molecule has 4 rings (SSSR count). The van der Waals surface area contributed by atoms with Gasteiger partial charge in [-0.1, -0.05) is 41.9 Å². The van der Waals surface area contributed by atoms with Crippen molar-refractivity contribution in [3.63, 3.8) is 0 Å². The first-order valence-corrected chi connectivity index (χ1v) is 8.65. The molecule has 27 heavy (non-hydrogen) atoms. The lowest BCUT2D eigenvalue weighted by molar-refractivity contribution is 0.0469. The van der Waals surface area contributed by atoms with E-state index in [9.17, 15) is 4.79 Å². The minimum absolute atomic E-state index is 0.0505. The molecule has 6 heteroatoms. The Morgan fingerprint density at radius 1 is 1.00 bits per heavy atom. The minimum atomic E-state index is -0.490. The van der Waals surface area contributed by atoms with E-state index in [1.165, 1.54) is 0 Å². The van der Waals surface area contributed by atoms with Crippen molar-refractivity contribution < 1.29 is 23.7 Å². The molecule has 0 saturated heterocycles. The summed E-state index contributed by atoms with van der Waals surface area (Å²) in [6.45, 7) is 0.178. The molecule has 0 fully saturated rings. The van der Waals surface area contributed by atoms with Crippen LogP contribution in [0.3, 0.4) is 0 Å². The largest absolute Gasteiger partial charge is 0.457 e. The number of rotatable bonds is 5. The fourth-order valence-electron chi connectivity index (χ4n) is 2.67. The number of halogens is 1. The highest BCUT2D eigenvalue weighted by Gasteiger charge is 2.19. The lowest BCUT2D eigenvalue weighted by Gasteiger charge is -2.11. The van der Waals surface area contributed by atoms with Crippen LogP contribution in [0.2, 0.25) is 5.02 Å². The molecule has 0 radical (unpaired) electrons. The summed E-state index contributed by atoms with van der Waals surface area (Å²) < 4.78 is 21.8. The van der Waals surface area contributed by atoms with Gasteiger partial charge in [-0.2, -0.15) is 0 Å². The Balaban J connectivity index is 1.48. The van der Waals surface area contributed by atoms with Crippen LogP contribution in [-0.4, -0.2) is 12.8 Å². The highest BCUT2D eigenvalue weighted by molar-refractivity contribution is 6.32. The number of para-hydroxylation sites is 2. The van der Waals surface area contributed by atoms with Gasteiger partial charge >= 0.3 is 5.97 Å². The molecule has 3 aromatic rings. The molecule has 0 N–H and O–H groups in total. The van der Waals surface area contributed by atoms with Crippen molar-refractivity contribution in [3.05, 3.63) is 82.9 Å². The molecule has 136 valence electrons. The molecule has 0 unspecified atom stereocenters. The predicted molar refractivity (Wildman–Crippen MR) is 99.7 cm³/mol. The molecular weight excluding hydrogens is 368 g/mol. The van der Waals surface area contributed by atoms with Crippen molar-refractivity contribution in [3.8, 4) is 23.0 Å². The molecule has 0 saturated carbocycles. The fraction of sp³-hybridized carbons (Fsp3) is 0.0952. The van der Waals surface area contributed by atoms with Crippen LogP contribution in [0, 0.1) is 0 Å². The fourth-order valence-corrected chi connectivity index (χ4v) is 2.96. The van der Waals surface area contributed by atoms with Crippen molar-refractivity contribution >= 4 is 17.6 Å². The van der Waals surface area contributed by atoms with Crippen LogP contribution in [0.5, 0.6) is 23.0 Å². The molecule has 0 amide bonds. The quantitative estimate of drug-likeness (QED) is 0.566. The number of hydrogen-bond donors (Lipinski definition) is 0. The molecule has 5 nitrogen and oxygen atoms in total. The first-order chi connectivity index (χ1) is 13.2. The summed E-state index contributed by atoms with van der Waals surface area (Å²) in [5.74, 6) is 1.63. The first-order valence-electron chi connectivity index (χ1n) is 8.28. The zero-order valence-electron chi connectivity index (χ0n) is 14.2. The van der Waals surface area contributed by atoms with Crippen molar-refractivity contribution in [1.29, 1.82) is 0 Å². The molecule has 0 spiro atoms. The summed E-state index contributed by atoms with van der Waals surface area (Å²) in [5.41, 5.74) is 1.05. The highest BCUT2D eigenvalue weighted by atomic mass is 35.5. The maximum Gasteiger partial charge on any atom is 0.342 e. The topological polar surface area (TPSA) is 54.0 Å². The first kappa shape index (κ1) is 17.2. The van der Waals surface area contributed by atoms with Gasteiger partial charge in [-0.25, -0.2) is 4.79 Å². The third kappa shape index (κ3) is 3.83. The molecule has 0 bridgehead atoms. The zero-order valence-corrected chi connectivity index (χ0v) is 14.9. The number of carbonyl (C=O) groups excluding carboxylic acids is 1. The van der Waals surface area contributed by atoms with E-state index < -0.39 is 5.97 Å². The number of hydrogen-bond acceptors (Lipinski definition) is 5. The van der Waals surface area contributed by atoms with E-state index in [-0.39, 0.29) is 13.4 Å². The molecule has 0 atom stereocenters. The number of benzene rings is 3. The summed E-state index contributed by atoms with van der Waals surface area (Å²) in [4.78, 5) is 12.6. The second-order valence-corrected chi connectivity index (χ2v) is 6.21. The molecule has 0 aromatic heterocycles. The zero-order chi connectivity index (χ0) is 18.6. The van der Waals surface area contributed by atoms with E-state index in [4.69, 9.17) is 30.5 Å². The Morgan fingerprint density at radius 2 is 1.78 bits per heavy atom. The van der Waals surface area contributed by atoms with Crippen molar-refractivity contribution in [2.24, 2.45) is 0 Å². The number of fused-ring (bicyclic) bond motifs is 1. The van der Waals surface area contributed by atoms with Crippen molar-refractivity contribution in [1.82, 2.24) is 0 Å². The van der Waals surface area contributed by atoms with Gasteiger partial charge in [0.25, 0.3) is 0 Å². The van der Waals surface area contributed by atoms with Gasteiger partial charge in [0.1, 0.15) is 23.7 Å². The van der Waals surface area contributed by atoms with Crippen LogP contribution in [0.15, 0.2) is 66.7 Å². The summed E-state index contributed by atoms with van der Waals surface area (Å²) in [6.07, 6.45) is 0. The monoisotopic (exact) mass is 382 g/mol.